The van der Waals surface area contributed by atoms with Crippen LogP contribution in [-0.2, 0) is 0 Å². The van der Waals surface area contributed by atoms with Crippen LogP contribution in [0, 0.1) is 5.41 Å². The Labute approximate surface area is 123 Å². The van der Waals surface area contributed by atoms with Gasteiger partial charge in [0, 0.05) is 12.5 Å². The molecule has 124 valence electrons. The molecule has 3 aliphatic rings. The van der Waals surface area contributed by atoms with Crippen molar-refractivity contribution in [3.8, 4) is 0 Å². The van der Waals surface area contributed by atoms with E-state index in [9.17, 15) is 29.2 Å². The zero-order valence-corrected chi connectivity index (χ0v) is 12.9. The normalized spacial score (nSPS) is 30.0. The van der Waals surface area contributed by atoms with Gasteiger partial charge in [-0.05, 0) is 24.7 Å². The molecule has 0 aromatic carbocycles. The van der Waals surface area contributed by atoms with Crippen LogP contribution >= 0.6 is 0 Å². The summed E-state index contributed by atoms with van der Waals surface area (Å²) in [6, 6.07) is -0.649. The van der Waals surface area contributed by atoms with Crippen molar-refractivity contribution in [1.29, 1.82) is 0 Å². The van der Waals surface area contributed by atoms with Crippen molar-refractivity contribution < 1.29 is 29.2 Å². The van der Waals surface area contributed by atoms with Crippen LogP contribution in [0.2, 0.25) is 0 Å². The average molecular weight is 309 g/mol. The molecular weight excluding hydrogens is 284 g/mol. The Hall–Kier alpha value is -0.600. The van der Waals surface area contributed by atoms with E-state index < -0.39 is 34.9 Å². The zero-order chi connectivity index (χ0) is 16.6. The van der Waals surface area contributed by atoms with Gasteiger partial charge in [-0.25, -0.2) is 0 Å². The molecule has 0 aromatic heterocycles. The third-order valence-electron chi connectivity index (χ3n) is 4.25. The van der Waals surface area contributed by atoms with Gasteiger partial charge in [0.2, 0.25) is 5.91 Å². The number of aliphatic hydroxyl groups is 4. The lowest BCUT2D eigenvalue weighted by Gasteiger charge is -2.35. The Morgan fingerprint density at radius 2 is 1.52 bits per heavy atom. The second-order valence-corrected chi connectivity index (χ2v) is 5.28. The zero-order valence-electron chi connectivity index (χ0n) is 12.9. The number of rotatable bonds is 0. The fourth-order valence-electron chi connectivity index (χ4n) is 3.32. The summed E-state index contributed by atoms with van der Waals surface area (Å²) in [5.74, 6) is -5.42. The Kier molecular flexibility index (Phi) is 5.17. The fraction of sp³-hybridized carbons (Fsp3) is 0.857. The third-order valence-corrected chi connectivity index (χ3v) is 4.25. The first-order valence-electron chi connectivity index (χ1n) is 7.44. The first-order valence-corrected chi connectivity index (χ1v) is 7.44. The summed E-state index contributed by atoms with van der Waals surface area (Å²) in [6.07, 6.45) is -1.06. The van der Waals surface area contributed by atoms with Gasteiger partial charge in [-0.2, -0.15) is 13.7 Å². The van der Waals surface area contributed by atoms with Gasteiger partial charge < -0.3 is 20.4 Å². The third kappa shape index (κ3) is 2.73. The molecule has 3 rings (SSSR count). The molecule has 0 radical (unpaired) electrons. The predicted octanol–water partition coefficient (Wildman–Crippen LogP) is 1.72. The molecule has 21 heavy (non-hydrogen) atoms. The smallest absolute Gasteiger partial charge is 0.276 e. The van der Waals surface area contributed by atoms with E-state index in [1.54, 1.807) is 0 Å². The van der Waals surface area contributed by atoms with Crippen molar-refractivity contribution in [2.75, 3.05) is 0 Å². The van der Waals surface area contributed by atoms with Gasteiger partial charge in [0.25, 0.3) is 12.0 Å². The number of fused-ring (bicyclic) bond motifs is 2. The molecule has 0 amide bonds. The topological polar surface area (TPSA) is 84.2 Å². The molecule has 3 fully saturated rings. The first kappa shape index (κ1) is 18.4. The highest BCUT2D eigenvalue weighted by molar-refractivity contribution is 5.28. The standard InChI is InChI=1S/C10H13F2NO4.2C2H6/c11-7(12)5-3-6-8(1-2-8)4-9(14,15)13(6)10(5,16)17;2*1-2/h6,14-17H,1-4H2;2*1-2H3. The van der Waals surface area contributed by atoms with Gasteiger partial charge in [0.05, 0.1) is 5.57 Å². The maximum atomic E-state index is 12.6. The molecule has 2 aliphatic heterocycles. The second kappa shape index (κ2) is 5.89. The molecular formula is C14H25F2NO4. The number of hydrogen-bond donors (Lipinski definition) is 4. The minimum atomic E-state index is -2.97. The van der Waals surface area contributed by atoms with E-state index in [1.165, 1.54) is 0 Å². The number of hydrogen-bond acceptors (Lipinski definition) is 5. The second-order valence-electron chi connectivity index (χ2n) is 5.28. The van der Waals surface area contributed by atoms with Gasteiger partial charge >= 0.3 is 0 Å². The Morgan fingerprint density at radius 1 is 1.05 bits per heavy atom. The van der Waals surface area contributed by atoms with Crippen LogP contribution < -0.4 is 0 Å². The maximum Gasteiger partial charge on any atom is 0.276 e. The molecule has 0 aromatic rings. The molecule has 1 spiro atoms. The lowest BCUT2D eigenvalue weighted by molar-refractivity contribution is -0.351. The van der Waals surface area contributed by atoms with E-state index in [4.69, 9.17) is 0 Å². The summed E-state index contributed by atoms with van der Waals surface area (Å²) in [4.78, 5) is 0.599. The lowest BCUT2D eigenvalue weighted by Crippen LogP contribution is -2.57. The van der Waals surface area contributed by atoms with E-state index >= 15 is 0 Å². The van der Waals surface area contributed by atoms with Crippen LogP contribution in [0.5, 0.6) is 0 Å². The lowest BCUT2D eigenvalue weighted by atomic mass is 9.93. The summed E-state index contributed by atoms with van der Waals surface area (Å²) >= 11 is 0. The molecule has 2 heterocycles. The van der Waals surface area contributed by atoms with Crippen LogP contribution in [0.4, 0.5) is 8.78 Å². The van der Waals surface area contributed by atoms with Gasteiger partial charge in [-0.1, -0.05) is 27.7 Å². The van der Waals surface area contributed by atoms with E-state index in [0.29, 0.717) is 17.7 Å². The Balaban J connectivity index is 0.000000510. The largest absolute Gasteiger partial charge is 0.353 e. The Morgan fingerprint density at radius 3 is 1.90 bits per heavy atom. The van der Waals surface area contributed by atoms with E-state index in [-0.39, 0.29) is 12.8 Å². The summed E-state index contributed by atoms with van der Waals surface area (Å²) in [7, 11) is 0. The first-order chi connectivity index (χ1) is 9.71. The average Bonchev–Trinajstić information content (AvgIpc) is 3.03. The molecule has 0 bridgehead atoms. The van der Waals surface area contributed by atoms with Crippen LogP contribution in [0.15, 0.2) is 11.7 Å². The monoisotopic (exact) mass is 309 g/mol. The maximum absolute atomic E-state index is 12.6. The van der Waals surface area contributed by atoms with Gasteiger partial charge in [-0.3, -0.25) is 0 Å². The van der Waals surface area contributed by atoms with Crippen LogP contribution in [-0.4, -0.2) is 43.2 Å². The minimum Gasteiger partial charge on any atom is -0.353 e. The molecule has 4 N–H and O–H groups in total. The molecule has 1 aliphatic carbocycles. The Bertz CT molecular complexity index is 415. The SMILES string of the molecule is CC.CC.OC1(O)CC2(CC2)C2CC(=C(F)F)C(O)(O)N21. The van der Waals surface area contributed by atoms with Crippen LogP contribution in [0.1, 0.15) is 53.4 Å². The van der Waals surface area contributed by atoms with Gasteiger partial charge in [0.1, 0.15) is 0 Å². The van der Waals surface area contributed by atoms with Gasteiger partial charge in [-0.15, -0.1) is 0 Å². The number of halogens is 2. The van der Waals surface area contributed by atoms with Crippen molar-refractivity contribution in [2.45, 2.75) is 71.2 Å². The van der Waals surface area contributed by atoms with E-state index in [0.717, 1.165) is 0 Å². The van der Waals surface area contributed by atoms with Gasteiger partial charge in [0.15, 0.2) is 0 Å². The molecule has 2 saturated heterocycles. The number of nitrogens with zero attached hydrogens (tertiary/aromatic N) is 1. The van der Waals surface area contributed by atoms with Crippen molar-refractivity contribution in [2.24, 2.45) is 5.41 Å². The minimum absolute atomic E-state index is 0.0330. The predicted molar refractivity (Wildman–Crippen MR) is 72.8 cm³/mol. The van der Waals surface area contributed by atoms with Crippen LogP contribution in [0.25, 0.3) is 0 Å². The molecule has 1 atom stereocenters. The summed E-state index contributed by atoms with van der Waals surface area (Å²) < 4.78 is 25.3. The molecule has 1 saturated carbocycles. The fourth-order valence-corrected chi connectivity index (χ4v) is 3.32. The van der Waals surface area contributed by atoms with E-state index in [2.05, 4.69) is 0 Å². The summed E-state index contributed by atoms with van der Waals surface area (Å²) in [5, 5.41) is 39.0. The molecule has 7 heteroatoms. The molecule has 1 unspecified atom stereocenters. The van der Waals surface area contributed by atoms with Crippen molar-refractivity contribution in [3.63, 3.8) is 0 Å². The molecule has 5 nitrogen and oxygen atoms in total. The van der Waals surface area contributed by atoms with Crippen molar-refractivity contribution in [1.82, 2.24) is 4.90 Å². The highest BCUT2D eigenvalue weighted by Crippen LogP contribution is 2.66. The quantitative estimate of drug-likeness (QED) is 0.512. The summed E-state index contributed by atoms with van der Waals surface area (Å²) in [6.45, 7) is 8.00. The summed E-state index contributed by atoms with van der Waals surface area (Å²) in [5.41, 5.74) is -1.29. The highest BCUT2D eigenvalue weighted by Gasteiger charge is 2.73. The van der Waals surface area contributed by atoms with Crippen LogP contribution in [0.3, 0.4) is 0 Å². The van der Waals surface area contributed by atoms with Crippen molar-refractivity contribution >= 4 is 0 Å². The van der Waals surface area contributed by atoms with E-state index in [1.807, 2.05) is 27.7 Å². The van der Waals surface area contributed by atoms with Crippen molar-refractivity contribution in [3.05, 3.63) is 11.7 Å². The highest BCUT2D eigenvalue weighted by atomic mass is 19.3.